The molecule has 0 radical (unpaired) electrons. The Morgan fingerprint density at radius 1 is 1.44 bits per heavy atom. The molecule has 1 aromatic rings. The first-order valence-electron chi connectivity index (χ1n) is 5.67. The summed E-state index contributed by atoms with van der Waals surface area (Å²) in [5.41, 5.74) is 6.48. The summed E-state index contributed by atoms with van der Waals surface area (Å²) in [5.74, 6) is -0.216. The number of imide groups is 1. The summed E-state index contributed by atoms with van der Waals surface area (Å²) in [4.78, 5) is 29.2. The van der Waals surface area contributed by atoms with Crippen molar-refractivity contribution in [2.75, 3.05) is 17.2 Å². The second-order valence-electron chi connectivity index (χ2n) is 4.89. The van der Waals surface area contributed by atoms with Crippen LogP contribution in [0.4, 0.5) is 11.5 Å². The molecule has 0 aliphatic carbocycles. The molecule has 18 heavy (non-hydrogen) atoms. The summed E-state index contributed by atoms with van der Waals surface area (Å²) in [6.07, 6.45) is 1.62. The van der Waals surface area contributed by atoms with E-state index in [1.807, 2.05) is 6.92 Å². The number of hydrogen-bond acceptors (Lipinski definition) is 5. The van der Waals surface area contributed by atoms with Crippen molar-refractivity contribution in [3.63, 3.8) is 0 Å². The van der Waals surface area contributed by atoms with Crippen LogP contribution in [0.1, 0.15) is 19.4 Å². The van der Waals surface area contributed by atoms with E-state index in [1.54, 1.807) is 31.0 Å². The first kappa shape index (κ1) is 12.3. The number of rotatable bonds is 1. The number of aryl methyl sites for hydroxylation is 1. The molecule has 0 aromatic carbocycles. The Bertz CT molecular complexity index is 525. The van der Waals surface area contributed by atoms with E-state index in [1.165, 1.54) is 0 Å². The highest BCUT2D eigenvalue weighted by atomic mass is 16.2. The average Bonchev–Trinajstić information content (AvgIpc) is 2.28. The number of nitrogens with two attached hydrogens (primary N) is 1. The van der Waals surface area contributed by atoms with Crippen LogP contribution in [0, 0.1) is 6.92 Å². The number of anilines is 2. The van der Waals surface area contributed by atoms with Crippen molar-refractivity contribution in [2.24, 2.45) is 0 Å². The van der Waals surface area contributed by atoms with Gasteiger partial charge in [-0.05, 0) is 32.4 Å². The molecule has 2 heterocycles. The van der Waals surface area contributed by atoms with E-state index in [2.05, 4.69) is 10.3 Å². The van der Waals surface area contributed by atoms with E-state index in [0.717, 1.165) is 5.56 Å². The third-order valence-electron chi connectivity index (χ3n) is 3.23. The molecule has 0 unspecified atom stereocenters. The number of amides is 2. The maximum absolute atomic E-state index is 11.9. The van der Waals surface area contributed by atoms with Gasteiger partial charge in [0.15, 0.2) is 5.82 Å². The second kappa shape index (κ2) is 3.97. The molecular formula is C12H16N4O2. The number of aromatic nitrogens is 1. The van der Waals surface area contributed by atoms with Gasteiger partial charge in [-0.3, -0.25) is 14.9 Å². The molecular weight excluding hydrogens is 232 g/mol. The molecule has 6 heteroatoms. The Morgan fingerprint density at radius 2 is 2.11 bits per heavy atom. The monoisotopic (exact) mass is 248 g/mol. The Kier molecular flexibility index (Phi) is 2.73. The number of carbonyl (C=O) groups is 2. The third kappa shape index (κ3) is 1.79. The molecule has 0 bridgehead atoms. The van der Waals surface area contributed by atoms with Gasteiger partial charge in [0.1, 0.15) is 5.54 Å². The maximum Gasteiger partial charge on any atom is 0.251 e. The van der Waals surface area contributed by atoms with Gasteiger partial charge in [0, 0.05) is 6.20 Å². The fourth-order valence-corrected chi connectivity index (χ4v) is 1.89. The first-order chi connectivity index (χ1) is 8.34. The molecule has 96 valence electrons. The summed E-state index contributed by atoms with van der Waals surface area (Å²) in [7, 11) is 0. The zero-order chi connectivity index (χ0) is 13.5. The largest absolute Gasteiger partial charge is 0.396 e. The van der Waals surface area contributed by atoms with E-state index in [-0.39, 0.29) is 18.4 Å². The lowest BCUT2D eigenvalue weighted by Crippen LogP contribution is -2.64. The van der Waals surface area contributed by atoms with Crippen molar-refractivity contribution in [1.82, 2.24) is 10.3 Å². The summed E-state index contributed by atoms with van der Waals surface area (Å²) in [5, 5.41) is 2.32. The number of hydrogen-bond donors (Lipinski definition) is 2. The summed E-state index contributed by atoms with van der Waals surface area (Å²) in [6, 6.07) is 1.79. The Balaban J connectivity index is 2.51. The van der Waals surface area contributed by atoms with Crippen LogP contribution in [0.15, 0.2) is 12.3 Å². The summed E-state index contributed by atoms with van der Waals surface area (Å²) >= 11 is 0. The van der Waals surface area contributed by atoms with Crippen LogP contribution in [-0.2, 0) is 9.59 Å². The van der Waals surface area contributed by atoms with Crippen LogP contribution in [0.25, 0.3) is 0 Å². The SMILES string of the molecule is Cc1ccnc(N2CC(=O)NC(=O)C2(C)C)c1N. The quantitative estimate of drug-likeness (QED) is 0.694. The number of nitrogens with one attached hydrogen (secondary N) is 1. The molecule has 1 aliphatic rings. The Morgan fingerprint density at radius 3 is 2.78 bits per heavy atom. The van der Waals surface area contributed by atoms with Gasteiger partial charge in [0.2, 0.25) is 5.91 Å². The maximum atomic E-state index is 11.9. The van der Waals surface area contributed by atoms with Crippen LogP contribution >= 0.6 is 0 Å². The van der Waals surface area contributed by atoms with E-state index in [0.29, 0.717) is 11.5 Å². The normalized spacial score (nSPS) is 18.7. The van der Waals surface area contributed by atoms with E-state index >= 15 is 0 Å². The zero-order valence-electron chi connectivity index (χ0n) is 10.7. The van der Waals surface area contributed by atoms with Crippen LogP contribution in [0.3, 0.4) is 0 Å². The number of pyridine rings is 1. The van der Waals surface area contributed by atoms with E-state index in [4.69, 9.17) is 5.73 Å². The fourth-order valence-electron chi connectivity index (χ4n) is 1.89. The second-order valence-corrected chi connectivity index (χ2v) is 4.89. The van der Waals surface area contributed by atoms with Crippen molar-refractivity contribution in [1.29, 1.82) is 0 Å². The number of carbonyl (C=O) groups excluding carboxylic acids is 2. The minimum absolute atomic E-state index is 0.0688. The van der Waals surface area contributed by atoms with E-state index in [9.17, 15) is 9.59 Å². The number of nitrogen functional groups attached to an aromatic ring is 1. The number of piperazine rings is 1. The fraction of sp³-hybridized carbons (Fsp3) is 0.417. The molecule has 2 rings (SSSR count). The van der Waals surface area contributed by atoms with Crippen LogP contribution in [-0.4, -0.2) is 28.9 Å². The predicted molar refractivity (Wildman–Crippen MR) is 68.0 cm³/mol. The van der Waals surface area contributed by atoms with Crippen LogP contribution in [0.5, 0.6) is 0 Å². The van der Waals surface area contributed by atoms with Gasteiger partial charge < -0.3 is 10.6 Å². The lowest BCUT2D eigenvalue weighted by molar-refractivity contribution is -0.135. The minimum atomic E-state index is -0.858. The molecule has 3 N–H and O–H groups in total. The molecule has 0 spiro atoms. The lowest BCUT2D eigenvalue weighted by Gasteiger charge is -2.41. The average molecular weight is 248 g/mol. The van der Waals surface area contributed by atoms with Gasteiger partial charge in [-0.1, -0.05) is 0 Å². The lowest BCUT2D eigenvalue weighted by atomic mass is 9.98. The van der Waals surface area contributed by atoms with Crippen molar-refractivity contribution < 1.29 is 9.59 Å². The smallest absolute Gasteiger partial charge is 0.251 e. The predicted octanol–water partition coefficient (Wildman–Crippen LogP) is 0.214. The van der Waals surface area contributed by atoms with E-state index < -0.39 is 5.54 Å². The van der Waals surface area contributed by atoms with Crippen molar-refractivity contribution in [3.8, 4) is 0 Å². The van der Waals surface area contributed by atoms with Crippen LogP contribution < -0.4 is 16.0 Å². The molecule has 6 nitrogen and oxygen atoms in total. The molecule has 2 amide bonds. The van der Waals surface area contributed by atoms with Crippen molar-refractivity contribution >= 4 is 23.3 Å². The topological polar surface area (TPSA) is 88.3 Å². The van der Waals surface area contributed by atoms with Gasteiger partial charge in [0.25, 0.3) is 5.91 Å². The molecule has 0 saturated carbocycles. The first-order valence-corrected chi connectivity index (χ1v) is 5.67. The zero-order valence-corrected chi connectivity index (χ0v) is 10.7. The molecule has 1 fully saturated rings. The molecule has 1 aliphatic heterocycles. The van der Waals surface area contributed by atoms with Crippen molar-refractivity contribution in [2.45, 2.75) is 26.3 Å². The van der Waals surface area contributed by atoms with Gasteiger partial charge >= 0.3 is 0 Å². The number of nitrogens with zero attached hydrogens (tertiary/aromatic N) is 2. The van der Waals surface area contributed by atoms with Gasteiger partial charge in [0.05, 0.1) is 12.2 Å². The Hall–Kier alpha value is -2.11. The molecule has 0 atom stereocenters. The highest BCUT2D eigenvalue weighted by Crippen LogP contribution is 2.30. The third-order valence-corrected chi connectivity index (χ3v) is 3.23. The summed E-state index contributed by atoms with van der Waals surface area (Å²) in [6.45, 7) is 5.40. The van der Waals surface area contributed by atoms with Crippen molar-refractivity contribution in [3.05, 3.63) is 17.8 Å². The molecule has 1 aromatic heterocycles. The Labute approximate surface area is 105 Å². The minimum Gasteiger partial charge on any atom is -0.396 e. The van der Waals surface area contributed by atoms with Gasteiger partial charge in [-0.25, -0.2) is 4.98 Å². The summed E-state index contributed by atoms with van der Waals surface area (Å²) < 4.78 is 0. The highest BCUT2D eigenvalue weighted by molar-refractivity contribution is 6.07. The van der Waals surface area contributed by atoms with Crippen LogP contribution in [0.2, 0.25) is 0 Å². The van der Waals surface area contributed by atoms with Gasteiger partial charge in [-0.2, -0.15) is 0 Å². The van der Waals surface area contributed by atoms with Gasteiger partial charge in [-0.15, -0.1) is 0 Å². The molecule has 1 saturated heterocycles. The highest BCUT2D eigenvalue weighted by Gasteiger charge is 2.42. The standard InChI is InChI=1S/C12H16N4O2/c1-7-4-5-14-10(9(7)13)16-6-8(17)15-11(18)12(16,2)3/h4-5H,6,13H2,1-3H3,(H,15,17,18).